The average molecular weight is 277 g/mol. The lowest BCUT2D eigenvalue weighted by Gasteiger charge is -2.36. The molecule has 1 aromatic rings. The molecule has 2 heterocycles. The molecule has 2 fully saturated rings. The number of hydrogen-bond acceptors (Lipinski definition) is 4. The standard InChI is InChI=1S/C13H15N3O4/c17-10-3-1-2-9(11(10)18)12(19)15-4-5-16-8(7-15)6-14-13(16)20/h1-3,8,17-18H,4-7H2,(H,14,20). The van der Waals surface area contributed by atoms with E-state index >= 15 is 0 Å². The van der Waals surface area contributed by atoms with E-state index in [9.17, 15) is 19.8 Å². The van der Waals surface area contributed by atoms with E-state index in [1.54, 1.807) is 9.80 Å². The van der Waals surface area contributed by atoms with Crippen molar-refractivity contribution in [2.24, 2.45) is 0 Å². The van der Waals surface area contributed by atoms with Gasteiger partial charge >= 0.3 is 6.03 Å². The van der Waals surface area contributed by atoms with E-state index in [2.05, 4.69) is 5.32 Å². The second kappa shape index (κ2) is 4.59. The molecule has 0 spiro atoms. The Kier molecular flexibility index (Phi) is 2.89. The van der Waals surface area contributed by atoms with Gasteiger partial charge in [0.2, 0.25) is 0 Å². The smallest absolute Gasteiger partial charge is 0.317 e. The number of phenolic OH excluding ortho intramolecular Hbond substituents is 2. The first-order valence-electron chi connectivity index (χ1n) is 6.42. The summed E-state index contributed by atoms with van der Waals surface area (Å²) in [6, 6.07) is 4.19. The number of carbonyl (C=O) groups excluding carboxylic acids is 2. The fourth-order valence-corrected chi connectivity index (χ4v) is 2.66. The molecule has 2 saturated heterocycles. The second-order valence-electron chi connectivity index (χ2n) is 4.96. The molecule has 1 unspecified atom stereocenters. The highest BCUT2D eigenvalue weighted by atomic mass is 16.3. The maximum atomic E-state index is 12.4. The highest BCUT2D eigenvalue weighted by Gasteiger charge is 2.37. The Hall–Kier alpha value is -2.44. The number of fused-ring (bicyclic) bond motifs is 1. The minimum atomic E-state index is -0.402. The number of nitrogens with zero attached hydrogens (tertiary/aromatic N) is 2. The molecule has 1 atom stereocenters. The Morgan fingerprint density at radius 1 is 1.30 bits per heavy atom. The molecule has 3 N–H and O–H groups in total. The first kappa shape index (κ1) is 12.6. The van der Waals surface area contributed by atoms with Crippen LogP contribution >= 0.6 is 0 Å². The fourth-order valence-electron chi connectivity index (χ4n) is 2.66. The molecular formula is C13H15N3O4. The van der Waals surface area contributed by atoms with Gasteiger partial charge in [-0.25, -0.2) is 4.79 Å². The summed E-state index contributed by atoms with van der Waals surface area (Å²) < 4.78 is 0. The van der Waals surface area contributed by atoms with Crippen LogP contribution in [-0.4, -0.2) is 64.2 Å². The van der Waals surface area contributed by atoms with Crippen molar-refractivity contribution in [1.29, 1.82) is 0 Å². The van der Waals surface area contributed by atoms with E-state index in [4.69, 9.17) is 0 Å². The fraction of sp³-hybridized carbons (Fsp3) is 0.385. The van der Waals surface area contributed by atoms with Gasteiger partial charge in [-0.3, -0.25) is 4.79 Å². The Labute approximate surface area is 115 Å². The van der Waals surface area contributed by atoms with Crippen LogP contribution in [-0.2, 0) is 0 Å². The molecule has 0 saturated carbocycles. The van der Waals surface area contributed by atoms with Crippen molar-refractivity contribution in [1.82, 2.24) is 15.1 Å². The zero-order valence-electron chi connectivity index (χ0n) is 10.7. The Balaban J connectivity index is 1.79. The van der Waals surface area contributed by atoms with E-state index in [-0.39, 0.29) is 29.3 Å². The van der Waals surface area contributed by atoms with Gasteiger partial charge in [0, 0.05) is 26.2 Å². The number of urea groups is 1. The molecule has 106 valence electrons. The van der Waals surface area contributed by atoms with Crippen LogP contribution in [0.5, 0.6) is 11.5 Å². The summed E-state index contributed by atoms with van der Waals surface area (Å²) in [7, 11) is 0. The van der Waals surface area contributed by atoms with Crippen molar-refractivity contribution in [2.45, 2.75) is 6.04 Å². The number of phenols is 2. The number of carbonyl (C=O) groups is 2. The monoisotopic (exact) mass is 277 g/mol. The molecule has 2 aliphatic rings. The Bertz CT molecular complexity index is 575. The minimum absolute atomic E-state index is 0.0281. The second-order valence-corrected chi connectivity index (χ2v) is 4.96. The Morgan fingerprint density at radius 2 is 2.10 bits per heavy atom. The number of piperazine rings is 1. The normalized spacial score (nSPS) is 21.6. The lowest BCUT2D eigenvalue weighted by molar-refractivity contribution is 0.0613. The zero-order valence-corrected chi connectivity index (χ0v) is 10.7. The van der Waals surface area contributed by atoms with Crippen molar-refractivity contribution >= 4 is 11.9 Å². The van der Waals surface area contributed by atoms with Crippen LogP contribution in [0, 0.1) is 0 Å². The molecular weight excluding hydrogens is 262 g/mol. The van der Waals surface area contributed by atoms with E-state index in [1.165, 1.54) is 18.2 Å². The number of amides is 3. The first-order chi connectivity index (χ1) is 9.58. The third-order valence-electron chi connectivity index (χ3n) is 3.76. The van der Waals surface area contributed by atoms with Crippen LogP contribution in [0.3, 0.4) is 0 Å². The number of nitrogens with one attached hydrogen (secondary N) is 1. The van der Waals surface area contributed by atoms with Gasteiger partial charge in [0.05, 0.1) is 11.6 Å². The number of benzene rings is 1. The summed E-state index contributed by atoms with van der Waals surface area (Å²) >= 11 is 0. The predicted octanol–water partition coefficient (Wildman–Crippen LogP) is -0.0526. The van der Waals surface area contributed by atoms with Gasteiger partial charge in [-0.15, -0.1) is 0 Å². The Morgan fingerprint density at radius 3 is 2.90 bits per heavy atom. The molecule has 1 aromatic carbocycles. The molecule has 7 nitrogen and oxygen atoms in total. The van der Waals surface area contributed by atoms with Crippen molar-refractivity contribution in [3.05, 3.63) is 23.8 Å². The van der Waals surface area contributed by atoms with E-state index in [0.29, 0.717) is 26.2 Å². The van der Waals surface area contributed by atoms with Crippen molar-refractivity contribution < 1.29 is 19.8 Å². The van der Waals surface area contributed by atoms with Crippen LogP contribution in [0.1, 0.15) is 10.4 Å². The first-order valence-corrected chi connectivity index (χ1v) is 6.42. The maximum Gasteiger partial charge on any atom is 0.317 e. The van der Waals surface area contributed by atoms with Crippen LogP contribution in [0.2, 0.25) is 0 Å². The van der Waals surface area contributed by atoms with Gasteiger partial charge in [0.1, 0.15) is 0 Å². The number of aromatic hydroxyl groups is 2. The summed E-state index contributed by atoms with van der Waals surface area (Å²) in [5.41, 5.74) is 0.0794. The largest absolute Gasteiger partial charge is 0.504 e. The van der Waals surface area contributed by atoms with Crippen molar-refractivity contribution in [3.8, 4) is 11.5 Å². The lowest BCUT2D eigenvalue weighted by atomic mass is 10.1. The molecule has 3 rings (SSSR count). The van der Waals surface area contributed by atoms with Gasteiger partial charge in [-0.05, 0) is 12.1 Å². The molecule has 0 bridgehead atoms. The molecule has 0 radical (unpaired) electrons. The SMILES string of the molecule is O=C(c1cccc(O)c1O)N1CCN2C(=O)NCC2C1. The quantitative estimate of drug-likeness (QED) is 0.627. The molecule has 2 aliphatic heterocycles. The summed E-state index contributed by atoms with van der Waals surface area (Å²) in [6.45, 7) is 1.83. The average Bonchev–Trinajstić information content (AvgIpc) is 2.82. The van der Waals surface area contributed by atoms with E-state index in [1.807, 2.05) is 0 Å². The zero-order chi connectivity index (χ0) is 14.3. The van der Waals surface area contributed by atoms with Crippen LogP contribution in [0.25, 0.3) is 0 Å². The molecule has 0 aliphatic carbocycles. The number of rotatable bonds is 1. The summed E-state index contributed by atoms with van der Waals surface area (Å²) in [4.78, 5) is 27.2. The highest BCUT2D eigenvalue weighted by molar-refractivity contribution is 5.97. The number of para-hydroxylation sites is 1. The van der Waals surface area contributed by atoms with Gasteiger partial charge < -0.3 is 25.3 Å². The lowest BCUT2D eigenvalue weighted by Crippen LogP contribution is -2.53. The van der Waals surface area contributed by atoms with Gasteiger partial charge in [-0.1, -0.05) is 6.07 Å². The summed E-state index contributed by atoms with van der Waals surface area (Å²) in [5.74, 6) is -1.05. The summed E-state index contributed by atoms with van der Waals surface area (Å²) in [5, 5.41) is 21.9. The molecule has 0 aromatic heterocycles. The molecule has 7 heteroatoms. The van der Waals surface area contributed by atoms with Crippen molar-refractivity contribution in [3.63, 3.8) is 0 Å². The van der Waals surface area contributed by atoms with Crippen LogP contribution < -0.4 is 5.32 Å². The minimum Gasteiger partial charge on any atom is -0.504 e. The third-order valence-corrected chi connectivity index (χ3v) is 3.76. The van der Waals surface area contributed by atoms with Gasteiger partial charge in [0.15, 0.2) is 11.5 Å². The van der Waals surface area contributed by atoms with E-state index < -0.39 is 5.75 Å². The number of hydrogen-bond donors (Lipinski definition) is 3. The molecule has 20 heavy (non-hydrogen) atoms. The third kappa shape index (κ3) is 1.91. The maximum absolute atomic E-state index is 12.4. The van der Waals surface area contributed by atoms with E-state index in [0.717, 1.165) is 0 Å². The topological polar surface area (TPSA) is 93.1 Å². The van der Waals surface area contributed by atoms with Gasteiger partial charge in [-0.2, -0.15) is 0 Å². The summed E-state index contributed by atoms with van der Waals surface area (Å²) in [6.07, 6.45) is 0. The van der Waals surface area contributed by atoms with Crippen molar-refractivity contribution in [2.75, 3.05) is 26.2 Å². The van der Waals surface area contributed by atoms with Crippen LogP contribution in [0.15, 0.2) is 18.2 Å². The molecule has 3 amide bonds. The van der Waals surface area contributed by atoms with Gasteiger partial charge in [0.25, 0.3) is 5.91 Å². The predicted molar refractivity (Wildman–Crippen MR) is 69.6 cm³/mol. The van der Waals surface area contributed by atoms with Crippen LogP contribution in [0.4, 0.5) is 4.79 Å². The highest BCUT2D eigenvalue weighted by Crippen LogP contribution is 2.29.